The van der Waals surface area contributed by atoms with Gasteiger partial charge in [0.2, 0.25) is 0 Å². The molecule has 0 amide bonds. The number of rotatable bonds is 8. The molecule has 5 heteroatoms. The maximum atomic E-state index is 10.6. The molecular formula is C10H24O3SSi. The average molecular weight is 252 g/mol. The Hall–Kier alpha value is 0.127. The van der Waals surface area contributed by atoms with Crippen LogP contribution >= 0.6 is 0 Å². The Kier molecular flexibility index (Phi) is 6.71. The molecule has 0 fully saturated rings. The highest BCUT2D eigenvalue weighted by Gasteiger charge is 2.11. The molecule has 0 spiro atoms. The highest BCUT2D eigenvalue weighted by molar-refractivity contribution is 7.85. The van der Waals surface area contributed by atoms with Gasteiger partial charge in [-0.15, -0.1) is 0 Å². The third-order valence-corrected chi connectivity index (χ3v) is 4.57. The molecule has 0 aromatic rings. The van der Waals surface area contributed by atoms with Crippen LogP contribution in [0.15, 0.2) is 0 Å². The van der Waals surface area contributed by atoms with E-state index in [-0.39, 0.29) is 0 Å². The van der Waals surface area contributed by atoms with Crippen molar-refractivity contribution in [3.05, 3.63) is 0 Å². The van der Waals surface area contributed by atoms with E-state index in [1.165, 1.54) is 18.9 Å². The van der Waals surface area contributed by atoms with Crippen LogP contribution in [0.4, 0.5) is 0 Å². The van der Waals surface area contributed by atoms with Gasteiger partial charge in [-0.2, -0.15) is 8.42 Å². The van der Waals surface area contributed by atoms with Crippen LogP contribution in [0.1, 0.15) is 25.7 Å². The highest BCUT2D eigenvalue weighted by atomic mass is 32.2. The van der Waals surface area contributed by atoms with Gasteiger partial charge in [0.1, 0.15) is 0 Å². The third-order valence-electron chi connectivity index (χ3n) is 2.12. The lowest BCUT2D eigenvalue weighted by Crippen LogP contribution is -2.18. The van der Waals surface area contributed by atoms with Gasteiger partial charge >= 0.3 is 0 Å². The molecule has 0 aromatic carbocycles. The lowest BCUT2D eigenvalue weighted by atomic mass is 10.2. The van der Waals surface area contributed by atoms with Gasteiger partial charge in [0, 0.05) is 8.07 Å². The van der Waals surface area contributed by atoms with E-state index in [0.29, 0.717) is 6.61 Å². The molecule has 0 unspecified atom stereocenters. The van der Waals surface area contributed by atoms with Crippen LogP contribution in [0.5, 0.6) is 0 Å². The first-order valence-corrected chi connectivity index (χ1v) is 11.1. The standard InChI is InChI=1S/C10H24O3SSi/c1-14(11,12)13-9-7-5-6-8-10-15(2,3)4/h5-10H2,1-4H3. The molecule has 0 radical (unpaired) electrons. The quantitative estimate of drug-likeness (QED) is 0.379. The first kappa shape index (κ1) is 15.1. The van der Waals surface area contributed by atoms with Crippen molar-refractivity contribution in [3.8, 4) is 0 Å². The van der Waals surface area contributed by atoms with E-state index >= 15 is 0 Å². The van der Waals surface area contributed by atoms with E-state index < -0.39 is 18.2 Å². The molecule has 0 N–H and O–H groups in total. The highest BCUT2D eigenvalue weighted by Crippen LogP contribution is 2.14. The Morgan fingerprint density at radius 2 is 1.53 bits per heavy atom. The Bertz CT molecular complexity index is 254. The second-order valence-corrected chi connectivity index (χ2v) is 12.5. The zero-order valence-electron chi connectivity index (χ0n) is 10.4. The summed E-state index contributed by atoms with van der Waals surface area (Å²) in [5.74, 6) is 0. The third kappa shape index (κ3) is 14.1. The van der Waals surface area contributed by atoms with Crippen LogP contribution in [-0.4, -0.2) is 29.4 Å². The first-order chi connectivity index (χ1) is 6.71. The maximum absolute atomic E-state index is 10.6. The van der Waals surface area contributed by atoms with Crippen molar-refractivity contribution in [1.29, 1.82) is 0 Å². The maximum Gasteiger partial charge on any atom is 0.264 e. The average Bonchev–Trinajstić information content (AvgIpc) is 1.98. The summed E-state index contributed by atoms with van der Waals surface area (Å²) in [4.78, 5) is 0. The van der Waals surface area contributed by atoms with Gasteiger partial charge < -0.3 is 0 Å². The van der Waals surface area contributed by atoms with Gasteiger partial charge in [0.15, 0.2) is 0 Å². The van der Waals surface area contributed by atoms with Crippen LogP contribution in [0.25, 0.3) is 0 Å². The van der Waals surface area contributed by atoms with Gasteiger partial charge in [0.05, 0.1) is 12.9 Å². The summed E-state index contributed by atoms with van der Waals surface area (Å²) >= 11 is 0. The fraction of sp³-hybridized carbons (Fsp3) is 1.00. The van der Waals surface area contributed by atoms with Crippen LogP contribution in [-0.2, 0) is 14.3 Å². The SMILES string of the molecule is C[Si](C)(C)CCCCCCOS(C)(=O)=O. The molecule has 0 bridgehead atoms. The molecule has 0 saturated heterocycles. The molecule has 92 valence electrons. The fourth-order valence-corrected chi connectivity index (χ4v) is 3.05. The van der Waals surface area contributed by atoms with Crippen molar-refractivity contribution in [2.75, 3.05) is 12.9 Å². The minimum atomic E-state index is -3.23. The second-order valence-electron chi connectivity index (χ2n) is 5.25. The zero-order valence-corrected chi connectivity index (χ0v) is 12.2. The van der Waals surface area contributed by atoms with E-state index in [1.54, 1.807) is 0 Å². The van der Waals surface area contributed by atoms with Crippen molar-refractivity contribution in [3.63, 3.8) is 0 Å². The summed E-state index contributed by atoms with van der Waals surface area (Å²) in [6.07, 6.45) is 5.48. The van der Waals surface area contributed by atoms with Crippen molar-refractivity contribution in [2.45, 2.75) is 51.4 Å². The summed E-state index contributed by atoms with van der Waals surface area (Å²) in [6, 6.07) is 1.36. The Labute approximate surface area is 95.4 Å². The number of hydrogen-bond donors (Lipinski definition) is 0. The normalized spacial score (nSPS) is 13.1. The molecule has 0 saturated carbocycles. The second kappa shape index (κ2) is 6.65. The van der Waals surface area contributed by atoms with Crippen molar-refractivity contribution in [2.24, 2.45) is 0 Å². The molecule has 0 rings (SSSR count). The van der Waals surface area contributed by atoms with Crippen LogP contribution in [0.3, 0.4) is 0 Å². The molecule has 0 atom stereocenters. The van der Waals surface area contributed by atoms with Crippen molar-refractivity contribution >= 4 is 18.2 Å². The van der Waals surface area contributed by atoms with E-state index in [2.05, 4.69) is 23.8 Å². The molecule has 0 aliphatic heterocycles. The molecular weight excluding hydrogens is 228 g/mol. The molecule has 0 aromatic heterocycles. The predicted molar refractivity (Wildman–Crippen MR) is 67.4 cm³/mol. The smallest absolute Gasteiger partial charge is 0.264 e. The Balaban J connectivity index is 3.27. The summed E-state index contributed by atoms with van der Waals surface area (Å²) in [7, 11) is -4.12. The van der Waals surface area contributed by atoms with Crippen LogP contribution in [0, 0.1) is 0 Å². The Morgan fingerprint density at radius 3 is 2.00 bits per heavy atom. The topological polar surface area (TPSA) is 43.4 Å². The van der Waals surface area contributed by atoms with Gasteiger partial charge in [-0.1, -0.05) is 44.9 Å². The molecule has 0 aliphatic rings. The largest absolute Gasteiger partial charge is 0.270 e. The van der Waals surface area contributed by atoms with E-state index in [0.717, 1.165) is 19.1 Å². The molecule has 15 heavy (non-hydrogen) atoms. The summed E-state index contributed by atoms with van der Waals surface area (Å²) in [5.41, 5.74) is 0. The first-order valence-electron chi connectivity index (χ1n) is 5.55. The van der Waals surface area contributed by atoms with Gasteiger partial charge in [-0.3, -0.25) is 4.18 Å². The van der Waals surface area contributed by atoms with Gasteiger partial charge in [0.25, 0.3) is 10.1 Å². The summed E-state index contributed by atoms with van der Waals surface area (Å²) in [6.45, 7) is 7.46. The summed E-state index contributed by atoms with van der Waals surface area (Å²) in [5, 5.41) is 0. The van der Waals surface area contributed by atoms with E-state index in [1.807, 2.05) is 0 Å². The minimum absolute atomic E-state index is 0.339. The van der Waals surface area contributed by atoms with E-state index in [9.17, 15) is 8.42 Å². The Morgan fingerprint density at radius 1 is 1.00 bits per heavy atom. The fourth-order valence-electron chi connectivity index (χ4n) is 1.32. The van der Waals surface area contributed by atoms with E-state index in [4.69, 9.17) is 0 Å². The molecule has 0 heterocycles. The monoisotopic (exact) mass is 252 g/mol. The van der Waals surface area contributed by atoms with Crippen molar-refractivity contribution in [1.82, 2.24) is 0 Å². The molecule has 3 nitrogen and oxygen atoms in total. The van der Waals surface area contributed by atoms with Crippen molar-refractivity contribution < 1.29 is 12.6 Å². The summed E-state index contributed by atoms with van der Waals surface area (Å²) < 4.78 is 25.9. The number of hydrogen-bond acceptors (Lipinski definition) is 3. The van der Waals surface area contributed by atoms with Crippen LogP contribution < -0.4 is 0 Å². The number of unbranched alkanes of at least 4 members (excludes halogenated alkanes) is 3. The van der Waals surface area contributed by atoms with Gasteiger partial charge in [-0.05, 0) is 6.42 Å². The lowest BCUT2D eigenvalue weighted by molar-refractivity contribution is 0.310. The molecule has 0 aliphatic carbocycles. The lowest BCUT2D eigenvalue weighted by Gasteiger charge is -2.14. The van der Waals surface area contributed by atoms with Crippen LogP contribution in [0.2, 0.25) is 25.7 Å². The minimum Gasteiger partial charge on any atom is -0.270 e. The predicted octanol–water partition coefficient (Wildman–Crippen LogP) is 2.86. The van der Waals surface area contributed by atoms with Gasteiger partial charge in [-0.25, -0.2) is 0 Å². The zero-order chi connectivity index (χ0) is 11.9.